The van der Waals surface area contributed by atoms with E-state index in [1.807, 2.05) is 0 Å². The second-order valence-electron chi connectivity index (χ2n) is 12.3. The van der Waals surface area contributed by atoms with E-state index >= 15 is 0 Å². The van der Waals surface area contributed by atoms with Crippen molar-refractivity contribution in [1.29, 1.82) is 0 Å². The number of hydrogen-bond acceptors (Lipinski definition) is 1. The number of para-hydroxylation sites is 3. The summed E-state index contributed by atoms with van der Waals surface area (Å²) in [7, 11) is 0. The van der Waals surface area contributed by atoms with Gasteiger partial charge in [-0.3, -0.25) is 4.57 Å². The topological polar surface area (TPSA) is 17.8 Å². The van der Waals surface area contributed by atoms with Gasteiger partial charge in [0.25, 0.3) is 0 Å². The molecule has 0 amide bonds. The molecule has 1 aliphatic carbocycles. The van der Waals surface area contributed by atoms with E-state index in [0.29, 0.717) is 0 Å². The number of allylic oxidation sites excluding steroid dienone is 4. The Labute approximate surface area is 274 Å². The van der Waals surface area contributed by atoms with Gasteiger partial charge in [-0.05, 0) is 86.1 Å². The van der Waals surface area contributed by atoms with Crippen molar-refractivity contribution in [3.8, 4) is 39.3 Å². The van der Waals surface area contributed by atoms with Crippen LogP contribution in [0.25, 0.3) is 71.9 Å². The lowest BCUT2D eigenvalue weighted by Gasteiger charge is -2.23. The highest BCUT2D eigenvalue weighted by molar-refractivity contribution is 6.16. The summed E-state index contributed by atoms with van der Waals surface area (Å²) in [5, 5.41) is 5.13. The smallest absolute Gasteiger partial charge is 0.145 e. The summed E-state index contributed by atoms with van der Waals surface area (Å²) in [5.41, 5.74) is 10.6. The first-order chi connectivity index (χ1) is 23.3. The van der Waals surface area contributed by atoms with Crippen LogP contribution in [0.3, 0.4) is 0 Å². The molecule has 1 heterocycles. The van der Waals surface area contributed by atoms with Crippen molar-refractivity contribution in [2.75, 3.05) is 0 Å². The Morgan fingerprint density at radius 2 is 1.15 bits per heavy atom. The maximum Gasteiger partial charge on any atom is 0.145 e. The van der Waals surface area contributed by atoms with Crippen LogP contribution in [-0.4, -0.2) is 9.55 Å². The number of fused-ring (bicyclic) bond motifs is 3. The quantitative estimate of drug-likeness (QED) is 0.180. The molecule has 9 rings (SSSR count). The Morgan fingerprint density at radius 3 is 1.94 bits per heavy atom. The highest BCUT2D eigenvalue weighted by atomic mass is 15.1. The SMILES string of the molecule is C1=CCC(c2c3ccccc3c(-c3ccc(-c4ccccc4)cc3)c3ccc(-c4nc5ccccc5n4-c4ccccc4)cc23)C=C1. The first-order valence-corrected chi connectivity index (χ1v) is 16.3. The van der Waals surface area contributed by atoms with Gasteiger partial charge in [0.1, 0.15) is 5.82 Å². The maximum absolute atomic E-state index is 5.23. The Balaban J connectivity index is 1.32. The van der Waals surface area contributed by atoms with Gasteiger partial charge in [-0.15, -0.1) is 0 Å². The summed E-state index contributed by atoms with van der Waals surface area (Å²) in [4.78, 5) is 5.23. The highest BCUT2D eigenvalue weighted by Gasteiger charge is 2.22. The number of hydrogen-bond donors (Lipinski definition) is 0. The summed E-state index contributed by atoms with van der Waals surface area (Å²) in [5.74, 6) is 1.23. The highest BCUT2D eigenvalue weighted by Crippen LogP contribution is 2.45. The third-order valence-corrected chi connectivity index (χ3v) is 9.53. The molecule has 8 aromatic rings. The molecule has 1 aromatic heterocycles. The van der Waals surface area contributed by atoms with E-state index in [1.165, 1.54) is 49.4 Å². The fraction of sp³-hybridized carbons (Fsp3) is 0.0444. The van der Waals surface area contributed by atoms with Crippen LogP contribution < -0.4 is 0 Å². The lowest BCUT2D eigenvalue weighted by molar-refractivity contribution is 0.870. The minimum absolute atomic E-state index is 0.282. The van der Waals surface area contributed by atoms with Crippen LogP contribution in [0.4, 0.5) is 0 Å². The molecule has 2 heteroatoms. The summed E-state index contributed by atoms with van der Waals surface area (Å²) < 4.78 is 2.30. The van der Waals surface area contributed by atoms with Gasteiger partial charge < -0.3 is 0 Å². The van der Waals surface area contributed by atoms with E-state index in [-0.39, 0.29) is 5.92 Å². The third-order valence-electron chi connectivity index (χ3n) is 9.53. The Kier molecular flexibility index (Phi) is 6.64. The predicted molar refractivity (Wildman–Crippen MR) is 198 cm³/mol. The first-order valence-electron chi connectivity index (χ1n) is 16.3. The van der Waals surface area contributed by atoms with Gasteiger partial charge in [0.15, 0.2) is 0 Å². The molecule has 0 saturated heterocycles. The predicted octanol–water partition coefficient (Wildman–Crippen LogP) is 11.9. The maximum atomic E-state index is 5.23. The molecular weight excluding hydrogens is 569 g/mol. The van der Waals surface area contributed by atoms with Crippen LogP contribution in [0, 0.1) is 0 Å². The number of imidazole rings is 1. The molecule has 7 aromatic carbocycles. The molecule has 0 radical (unpaired) electrons. The zero-order chi connectivity index (χ0) is 31.2. The van der Waals surface area contributed by atoms with E-state index in [1.54, 1.807) is 0 Å². The zero-order valence-electron chi connectivity index (χ0n) is 25.9. The van der Waals surface area contributed by atoms with E-state index in [4.69, 9.17) is 4.98 Å². The molecule has 0 saturated carbocycles. The van der Waals surface area contributed by atoms with Crippen LogP contribution >= 0.6 is 0 Å². The molecule has 47 heavy (non-hydrogen) atoms. The molecule has 1 unspecified atom stereocenters. The molecule has 0 N–H and O–H groups in total. The van der Waals surface area contributed by atoms with Gasteiger partial charge in [-0.25, -0.2) is 4.98 Å². The summed E-state index contributed by atoms with van der Waals surface area (Å²) in [6.45, 7) is 0. The van der Waals surface area contributed by atoms with Crippen molar-refractivity contribution in [2.24, 2.45) is 0 Å². The molecule has 1 aliphatic rings. The number of rotatable bonds is 5. The third kappa shape index (κ3) is 4.69. The van der Waals surface area contributed by atoms with Crippen molar-refractivity contribution in [2.45, 2.75) is 12.3 Å². The molecule has 0 aliphatic heterocycles. The summed E-state index contributed by atoms with van der Waals surface area (Å²) in [6.07, 6.45) is 10.00. The van der Waals surface area contributed by atoms with Crippen LogP contribution in [0.5, 0.6) is 0 Å². The standard InChI is InChI=1S/C45H32N2/c1-4-14-31(15-5-1)32-24-26-34(27-25-32)43-37-20-10-11-21-38(37)44(33-16-6-2-7-17-33)40-30-35(28-29-39(40)43)45-46-41-22-12-13-23-42(41)47(45)36-18-8-3-9-19-36/h1-16,18-30,33H,17H2. The van der Waals surface area contributed by atoms with Gasteiger partial charge in [-0.1, -0.05) is 146 Å². The van der Waals surface area contributed by atoms with Gasteiger partial charge in [0, 0.05) is 17.2 Å². The minimum atomic E-state index is 0.282. The summed E-state index contributed by atoms with van der Waals surface area (Å²) in [6, 6.07) is 54.6. The van der Waals surface area contributed by atoms with Crippen LogP contribution in [0.1, 0.15) is 17.9 Å². The van der Waals surface area contributed by atoms with E-state index < -0.39 is 0 Å². The van der Waals surface area contributed by atoms with E-state index in [0.717, 1.165) is 34.5 Å². The normalized spacial score (nSPS) is 14.3. The summed E-state index contributed by atoms with van der Waals surface area (Å²) >= 11 is 0. The first kappa shape index (κ1) is 27.3. The molecule has 0 bridgehead atoms. The average Bonchev–Trinajstić information content (AvgIpc) is 3.54. The molecule has 1 atom stereocenters. The van der Waals surface area contributed by atoms with Gasteiger partial charge in [-0.2, -0.15) is 0 Å². The lowest BCUT2D eigenvalue weighted by atomic mass is 9.81. The Bertz CT molecular complexity index is 2470. The van der Waals surface area contributed by atoms with Gasteiger partial charge in [0.05, 0.1) is 11.0 Å². The van der Waals surface area contributed by atoms with Crippen molar-refractivity contribution >= 4 is 32.6 Å². The second kappa shape index (κ2) is 11.4. The fourth-order valence-corrected chi connectivity index (χ4v) is 7.37. The Hall–Kier alpha value is -5.99. The van der Waals surface area contributed by atoms with Crippen molar-refractivity contribution < 1.29 is 0 Å². The Morgan fingerprint density at radius 1 is 0.511 bits per heavy atom. The van der Waals surface area contributed by atoms with E-state index in [2.05, 4.69) is 181 Å². The van der Waals surface area contributed by atoms with Gasteiger partial charge in [0.2, 0.25) is 0 Å². The van der Waals surface area contributed by atoms with E-state index in [9.17, 15) is 0 Å². The zero-order valence-corrected chi connectivity index (χ0v) is 25.9. The molecular formula is C45H32N2. The largest absolute Gasteiger partial charge is 0.292 e. The molecule has 222 valence electrons. The average molecular weight is 601 g/mol. The van der Waals surface area contributed by atoms with Crippen LogP contribution in [-0.2, 0) is 0 Å². The second-order valence-corrected chi connectivity index (χ2v) is 12.3. The fourth-order valence-electron chi connectivity index (χ4n) is 7.37. The number of nitrogens with zero attached hydrogens (tertiary/aromatic N) is 2. The van der Waals surface area contributed by atoms with Crippen LogP contribution in [0.2, 0.25) is 0 Å². The lowest BCUT2D eigenvalue weighted by Crippen LogP contribution is -2.02. The van der Waals surface area contributed by atoms with Crippen molar-refractivity contribution in [3.63, 3.8) is 0 Å². The van der Waals surface area contributed by atoms with Crippen LogP contribution in [0.15, 0.2) is 176 Å². The molecule has 2 nitrogen and oxygen atoms in total. The van der Waals surface area contributed by atoms with Crippen molar-refractivity contribution in [1.82, 2.24) is 9.55 Å². The van der Waals surface area contributed by atoms with Crippen molar-refractivity contribution in [3.05, 3.63) is 182 Å². The number of aromatic nitrogens is 2. The number of benzene rings is 7. The monoisotopic (exact) mass is 600 g/mol. The molecule has 0 spiro atoms. The van der Waals surface area contributed by atoms with Gasteiger partial charge >= 0.3 is 0 Å². The molecule has 0 fully saturated rings. The minimum Gasteiger partial charge on any atom is -0.292 e.